The van der Waals surface area contributed by atoms with Gasteiger partial charge in [0.2, 0.25) is 0 Å². The summed E-state index contributed by atoms with van der Waals surface area (Å²) in [5.41, 5.74) is -1.65. The Labute approximate surface area is 115 Å². The van der Waals surface area contributed by atoms with Gasteiger partial charge in [0.1, 0.15) is 5.60 Å². The minimum atomic E-state index is -0.816. The number of halogens is 1. The summed E-state index contributed by atoms with van der Waals surface area (Å²) >= 11 is 5.55. The van der Waals surface area contributed by atoms with Gasteiger partial charge in [0.05, 0.1) is 0 Å². The number of carbonyl (C=O) groups excluding carboxylic acids is 1. The van der Waals surface area contributed by atoms with Crippen LogP contribution in [0.5, 0.6) is 0 Å². The zero-order valence-electron chi connectivity index (χ0n) is 11.4. The molecule has 0 aromatic carbocycles. The predicted molar refractivity (Wildman–Crippen MR) is 72.1 cm³/mol. The van der Waals surface area contributed by atoms with E-state index in [4.69, 9.17) is 16.3 Å². The number of nitrogens with zero attached hydrogens (tertiary/aromatic N) is 2. The smallest absolute Gasteiger partial charge is 0.422 e. The summed E-state index contributed by atoms with van der Waals surface area (Å²) in [5, 5.41) is 0. The summed E-state index contributed by atoms with van der Waals surface area (Å²) in [6, 6.07) is 0. The first-order valence-corrected chi connectivity index (χ1v) is 6.33. The van der Waals surface area contributed by atoms with Crippen molar-refractivity contribution in [1.82, 2.24) is 9.13 Å². The summed E-state index contributed by atoms with van der Waals surface area (Å²) in [6.07, 6.45) is 0.368. The molecule has 0 atom stereocenters. The number of rotatable bonds is 2. The topological polar surface area (TPSA) is 70.3 Å². The number of aromatic nitrogens is 2. The Balaban J connectivity index is 3.34. The molecule has 0 saturated heterocycles. The molecule has 1 heterocycles. The van der Waals surface area contributed by atoms with Crippen LogP contribution in [0.2, 0.25) is 0 Å². The molecule has 106 valence electrons. The highest BCUT2D eigenvalue weighted by molar-refractivity contribution is 6.17. The van der Waals surface area contributed by atoms with Crippen LogP contribution in [0, 0.1) is 6.92 Å². The molecule has 0 saturated carbocycles. The second kappa shape index (κ2) is 5.61. The lowest BCUT2D eigenvalue weighted by atomic mass is 10.2. The van der Waals surface area contributed by atoms with E-state index in [0.717, 1.165) is 9.13 Å². The van der Waals surface area contributed by atoms with Gasteiger partial charge in [-0.15, -0.1) is 11.6 Å². The fraction of sp³-hybridized carbons (Fsp3) is 0.583. The summed E-state index contributed by atoms with van der Waals surface area (Å²) in [6.45, 7) is 6.64. The molecule has 0 amide bonds. The molecule has 0 aliphatic rings. The summed E-state index contributed by atoms with van der Waals surface area (Å²) in [4.78, 5) is 35.7. The lowest BCUT2D eigenvalue weighted by molar-refractivity contribution is 0.0525. The Morgan fingerprint density at radius 3 is 2.42 bits per heavy atom. The third-order valence-electron chi connectivity index (χ3n) is 2.24. The average Bonchev–Trinajstić information content (AvgIpc) is 2.27. The molecule has 1 aromatic rings. The SMILES string of the molecule is Cc1cn(C(=O)OC(C)(C)C)c(=O)n(CCCl)c1=O. The molecule has 0 radical (unpaired) electrons. The van der Waals surface area contributed by atoms with Gasteiger partial charge in [-0.1, -0.05) is 0 Å². The number of alkyl halides is 1. The number of ether oxygens (including phenoxy) is 1. The Kier molecular flexibility index (Phi) is 4.57. The molecule has 7 heteroatoms. The van der Waals surface area contributed by atoms with E-state index >= 15 is 0 Å². The first-order chi connectivity index (χ1) is 8.67. The van der Waals surface area contributed by atoms with Crippen LogP contribution in [0.15, 0.2) is 15.8 Å². The van der Waals surface area contributed by atoms with E-state index in [-0.39, 0.29) is 18.0 Å². The van der Waals surface area contributed by atoms with E-state index in [1.54, 1.807) is 20.8 Å². The predicted octanol–water partition coefficient (Wildman–Crippen LogP) is 1.34. The van der Waals surface area contributed by atoms with Crippen LogP contribution < -0.4 is 11.2 Å². The zero-order valence-corrected chi connectivity index (χ0v) is 12.2. The molecular formula is C12H17ClN2O4. The zero-order chi connectivity index (χ0) is 14.8. The van der Waals surface area contributed by atoms with Crippen molar-refractivity contribution < 1.29 is 9.53 Å². The first-order valence-electron chi connectivity index (χ1n) is 5.80. The van der Waals surface area contributed by atoms with Crippen LogP contribution >= 0.6 is 11.6 Å². The number of aryl methyl sites for hydroxylation is 1. The molecule has 19 heavy (non-hydrogen) atoms. The molecule has 0 bridgehead atoms. The normalized spacial score (nSPS) is 11.4. The monoisotopic (exact) mass is 288 g/mol. The van der Waals surface area contributed by atoms with Crippen molar-refractivity contribution >= 4 is 17.7 Å². The van der Waals surface area contributed by atoms with E-state index < -0.39 is 22.9 Å². The summed E-state index contributed by atoms with van der Waals surface area (Å²) < 4.78 is 6.82. The van der Waals surface area contributed by atoms with Gasteiger partial charge in [0.15, 0.2) is 0 Å². The van der Waals surface area contributed by atoms with Crippen LogP contribution in [0.3, 0.4) is 0 Å². The molecule has 0 spiro atoms. The number of hydrogen-bond donors (Lipinski definition) is 0. The fourth-order valence-electron chi connectivity index (χ4n) is 1.46. The highest BCUT2D eigenvalue weighted by Crippen LogP contribution is 2.07. The van der Waals surface area contributed by atoms with Crippen molar-refractivity contribution in [2.24, 2.45) is 0 Å². The average molecular weight is 289 g/mol. The molecule has 0 N–H and O–H groups in total. The standard InChI is InChI=1S/C12H17ClN2O4/c1-8-7-15(11(18)19-12(2,3)4)10(17)14(6-5-13)9(8)16/h7H,5-6H2,1-4H3. The molecule has 1 aromatic heterocycles. The van der Waals surface area contributed by atoms with Crippen LogP contribution in [-0.4, -0.2) is 26.7 Å². The molecule has 0 fully saturated rings. The maximum atomic E-state index is 12.0. The van der Waals surface area contributed by atoms with E-state index in [1.165, 1.54) is 13.1 Å². The lowest BCUT2D eigenvalue weighted by Crippen LogP contribution is -2.44. The minimum absolute atomic E-state index is 0.0453. The second-order valence-electron chi connectivity index (χ2n) is 5.09. The third kappa shape index (κ3) is 3.70. The number of carbonyl (C=O) groups is 1. The molecule has 0 unspecified atom stereocenters. The molecule has 1 rings (SSSR count). The van der Waals surface area contributed by atoms with Crippen molar-refractivity contribution in [3.63, 3.8) is 0 Å². The third-order valence-corrected chi connectivity index (χ3v) is 2.41. The van der Waals surface area contributed by atoms with Crippen molar-refractivity contribution in [1.29, 1.82) is 0 Å². The Morgan fingerprint density at radius 1 is 1.37 bits per heavy atom. The fourth-order valence-corrected chi connectivity index (χ4v) is 1.63. The lowest BCUT2D eigenvalue weighted by Gasteiger charge is -2.20. The van der Waals surface area contributed by atoms with Crippen molar-refractivity contribution in [2.45, 2.75) is 39.8 Å². The van der Waals surface area contributed by atoms with Crippen LogP contribution in [0.4, 0.5) is 4.79 Å². The summed E-state index contributed by atoms with van der Waals surface area (Å²) in [7, 11) is 0. The van der Waals surface area contributed by atoms with Gasteiger partial charge < -0.3 is 4.74 Å². The number of hydrogen-bond acceptors (Lipinski definition) is 4. The molecular weight excluding hydrogens is 272 g/mol. The quantitative estimate of drug-likeness (QED) is 0.770. The molecule has 6 nitrogen and oxygen atoms in total. The van der Waals surface area contributed by atoms with Gasteiger partial charge in [0.25, 0.3) is 5.56 Å². The van der Waals surface area contributed by atoms with Gasteiger partial charge in [-0.3, -0.25) is 9.36 Å². The molecule has 0 aliphatic carbocycles. The van der Waals surface area contributed by atoms with Gasteiger partial charge >= 0.3 is 11.8 Å². The first kappa shape index (κ1) is 15.5. The molecule has 0 aliphatic heterocycles. The van der Waals surface area contributed by atoms with E-state index in [1.807, 2.05) is 0 Å². The van der Waals surface area contributed by atoms with E-state index in [0.29, 0.717) is 0 Å². The van der Waals surface area contributed by atoms with Crippen LogP contribution in [0.25, 0.3) is 0 Å². The van der Waals surface area contributed by atoms with Gasteiger partial charge in [-0.25, -0.2) is 14.2 Å². The largest absolute Gasteiger partial charge is 0.443 e. The van der Waals surface area contributed by atoms with Crippen LogP contribution in [-0.2, 0) is 11.3 Å². The Bertz CT molecular complexity index is 595. The van der Waals surface area contributed by atoms with Crippen LogP contribution in [0.1, 0.15) is 26.3 Å². The van der Waals surface area contributed by atoms with Crippen molar-refractivity contribution in [3.8, 4) is 0 Å². The Morgan fingerprint density at radius 2 is 1.95 bits per heavy atom. The van der Waals surface area contributed by atoms with Crippen molar-refractivity contribution in [2.75, 3.05) is 5.88 Å². The maximum Gasteiger partial charge on any atom is 0.422 e. The van der Waals surface area contributed by atoms with Gasteiger partial charge in [-0.2, -0.15) is 0 Å². The van der Waals surface area contributed by atoms with Crippen molar-refractivity contribution in [3.05, 3.63) is 32.6 Å². The van der Waals surface area contributed by atoms with E-state index in [2.05, 4.69) is 0 Å². The Hall–Kier alpha value is -1.56. The van der Waals surface area contributed by atoms with Gasteiger partial charge in [0, 0.05) is 24.2 Å². The second-order valence-corrected chi connectivity index (χ2v) is 5.47. The highest BCUT2D eigenvalue weighted by atomic mass is 35.5. The van der Waals surface area contributed by atoms with E-state index in [9.17, 15) is 14.4 Å². The van der Waals surface area contributed by atoms with Gasteiger partial charge in [-0.05, 0) is 27.7 Å². The minimum Gasteiger partial charge on any atom is -0.443 e. The summed E-state index contributed by atoms with van der Waals surface area (Å²) in [5.74, 6) is 0.104. The maximum absolute atomic E-state index is 12.0. The highest BCUT2D eigenvalue weighted by Gasteiger charge is 2.20.